The average Bonchev–Trinajstić information content (AvgIpc) is 2.94. The predicted molar refractivity (Wildman–Crippen MR) is 84.9 cm³/mol. The standard InChI is InChI=1S/C15H20N4O4/c1-22-12-7-10(6-11-13(12)14(16)18-17-11)23-8-9-2-4-19(5-3-9)15(20)21/h6-7,9H,2-5,8H2,1H3,(H,20,21)(H3,16,17,18). The molecule has 1 fully saturated rings. The highest BCUT2D eigenvalue weighted by Gasteiger charge is 2.23. The van der Waals surface area contributed by atoms with Crippen molar-refractivity contribution < 1.29 is 19.4 Å². The second-order valence-corrected chi connectivity index (χ2v) is 5.68. The lowest BCUT2D eigenvalue weighted by Crippen LogP contribution is -2.38. The molecule has 0 saturated carbocycles. The number of piperidine rings is 1. The van der Waals surface area contributed by atoms with Crippen LogP contribution in [0.1, 0.15) is 12.8 Å². The Labute approximate surface area is 133 Å². The van der Waals surface area contributed by atoms with Crippen LogP contribution in [0.2, 0.25) is 0 Å². The Balaban J connectivity index is 1.65. The normalized spacial score (nSPS) is 15.8. The van der Waals surface area contributed by atoms with Crippen LogP contribution in [0.5, 0.6) is 11.5 Å². The largest absolute Gasteiger partial charge is 0.496 e. The van der Waals surface area contributed by atoms with E-state index in [2.05, 4.69) is 10.2 Å². The average molecular weight is 320 g/mol. The fourth-order valence-electron chi connectivity index (χ4n) is 2.87. The zero-order chi connectivity index (χ0) is 16.4. The molecular formula is C15H20N4O4. The number of aromatic amines is 1. The number of hydrogen-bond acceptors (Lipinski definition) is 5. The molecule has 1 aliphatic heterocycles. The first-order valence-corrected chi connectivity index (χ1v) is 7.50. The number of nitrogen functional groups attached to an aromatic ring is 1. The maximum Gasteiger partial charge on any atom is 0.407 e. The molecule has 1 saturated heterocycles. The van der Waals surface area contributed by atoms with Gasteiger partial charge in [-0.3, -0.25) is 5.10 Å². The van der Waals surface area contributed by atoms with Crippen molar-refractivity contribution in [2.45, 2.75) is 12.8 Å². The van der Waals surface area contributed by atoms with Gasteiger partial charge in [-0.05, 0) is 18.8 Å². The molecule has 0 radical (unpaired) electrons. The number of carbonyl (C=O) groups is 1. The number of nitrogens with zero attached hydrogens (tertiary/aromatic N) is 2. The quantitative estimate of drug-likeness (QED) is 0.793. The number of nitrogens with two attached hydrogens (primary N) is 1. The van der Waals surface area contributed by atoms with E-state index in [-0.39, 0.29) is 0 Å². The maximum absolute atomic E-state index is 10.9. The summed E-state index contributed by atoms with van der Waals surface area (Å²) in [7, 11) is 1.58. The number of methoxy groups -OCH3 is 1. The maximum atomic E-state index is 10.9. The second kappa shape index (κ2) is 6.23. The van der Waals surface area contributed by atoms with Crippen LogP contribution < -0.4 is 15.2 Å². The number of benzene rings is 1. The summed E-state index contributed by atoms with van der Waals surface area (Å²) in [6.45, 7) is 1.66. The first-order chi connectivity index (χ1) is 11.1. The molecule has 23 heavy (non-hydrogen) atoms. The molecule has 4 N–H and O–H groups in total. The molecule has 8 nitrogen and oxygen atoms in total. The van der Waals surface area contributed by atoms with Crippen molar-refractivity contribution >= 4 is 22.8 Å². The predicted octanol–water partition coefficient (Wildman–Crippen LogP) is 1.92. The zero-order valence-electron chi connectivity index (χ0n) is 12.9. The lowest BCUT2D eigenvalue weighted by atomic mass is 9.98. The summed E-state index contributed by atoms with van der Waals surface area (Å²) in [4.78, 5) is 12.3. The third kappa shape index (κ3) is 3.10. The molecule has 1 aliphatic rings. The molecule has 2 heterocycles. The fourth-order valence-corrected chi connectivity index (χ4v) is 2.87. The Kier molecular flexibility index (Phi) is 4.14. The van der Waals surface area contributed by atoms with Crippen LogP contribution in [0.15, 0.2) is 12.1 Å². The number of ether oxygens (including phenoxy) is 2. The summed E-state index contributed by atoms with van der Waals surface area (Å²) in [5.74, 6) is 2.03. The minimum Gasteiger partial charge on any atom is -0.496 e. The van der Waals surface area contributed by atoms with E-state index in [0.29, 0.717) is 42.9 Å². The van der Waals surface area contributed by atoms with E-state index < -0.39 is 6.09 Å². The topological polar surface area (TPSA) is 114 Å². The van der Waals surface area contributed by atoms with E-state index >= 15 is 0 Å². The number of anilines is 1. The van der Waals surface area contributed by atoms with Crippen LogP contribution in [0.3, 0.4) is 0 Å². The Morgan fingerprint density at radius 3 is 2.87 bits per heavy atom. The number of nitrogens with one attached hydrogen (secondary N) is 1. The summed E-state index contributed by atoms with van der Waals surface area (Å²) in [6, 6.07) is 3.63. The van der Waals surface area contributed by atoms with E-state index in [1.54, 1.807) is 13.2 Å². The van der Waals surface area contributed by atoms with Crippen molar-refractivity contribution in [1.29, 1.82) is 0 Å². The van der Waals surface area contributed by atoms with Gasteiger partial charge < -0.3 is 25.2 Å². The van der Waals surface area contributed by atoms with Gasteiger partial charge in [0, 0.05) is 25.2 Å². The lowest BCUT2D eigenvalue weighted by Gasteiger charge is -2.29. The summed E-state index contributed by atoms with van der Waals surface area (Å²) < 4.78 is 11.2. The van der Waals surface area contributed by atoms with Crippen molar-refractivity contribution in [3.8, 4) is 11.5 Å². The molecule has 3 rings (SSSR count). The monoisotopic (exact) mass is 320 g/mol. The van der Waals surface area contributed by atoms with Gasteiger partial charge >= 0.3 is 6.09 Å². The fraction of sp³-hybridized carbons (Fsp3) is 0.467. The third-order valence-electron chi connectivity index (χ3n) is 4.22. The van der Waals surface area contributed by atoms with Crippen molar-refractivity contribution in [2.75, 3.05) is 32.5 Å². The summed E-state index contributed by atoms with van der Waals surface area (Å²) in [5.41, 5.74) is 6.58. The number of aromatic nitrogens is 2. The molecule has 1 aromatic carbocycles. The Hall–Kier alpha value is -2.64. The second-order valence-electron chi connectivity index (χ2n) is 5.68. The van der Waals surface area contributed by atoms with Crippen LogP contribution in [0, 0.1) is 5.92 Å². The minimum absolute atomic E-state index is 0.346. The lowest BCUT2D eigenvalue weighted by molar-refractivity contribution is 0.111. The highest BCUT2D eigenvalue weighted by atomic mass is 16.5. The SMILES string of the molecule is COc1cc(OCC2CCN(C(=O)O)CC2)cc2[nH]nc(N)c12. The number of rotatable bonds is 4. The van der Waals surface area contributed by atoms with Gasteiger partial charge in [-0.15, -0.1) is 0 Å². The van der Waals surface area contributed by atoms with E-state index in [9.17, 15) is 4.79 Å². The molecule has 0 spiro atoms. The Morgan fingerprint density at radius 1 is 1.48 bits per heavy atom. The molecule has 1 aromatic heterocycles. The molecule has 0 atom stereocenters. The first-order valence-electron chi connectivity index (χ1n) is 7.50. The Bertz CT molecular complexity index is 707. The van der Waals surface area contributed by atoms with Crippen molar-refractivity contribution in [1.82, 2.24) is 15.1 Å². The van der Waals surface area contributed by atoms with Gasteiger partial charge in [-0.1, -0.05) is 0 Å². The number of carboxylic acid groups (broad SMARTS) is 1. The zero-order valence-corrected chi connectivity index (χ0v) is 12.9. The van der Waals surface area contributed by atoms with Gasteiger partial charge in [0.05, 0.1) is 24.6 Å². The van der Waals surface area contributed by atoms with Crippen LogP contribution in [-0.2, 0) is 0 Å². The molecular weight excluding hydrogens is 300 g/mol. The Morgan fingerprint density at radius 2 is 2.22 bits per heavy atom. The molecule has 2 aromatic rings. The molecule has 124 valence electrons. The van der Waals surface area contributed by atoms with Crippen molar-refractivity contribution in [2.24, 2.45) is 5.92 Å². The van der Waals surface area contributed by atoms with E-state index in [4.69, 9.17) is 20.3 Å². The number of hydrogen-bond donors (Lipinski definition) is 3. The van der Waals surface area contributed by atoms with Crippen molar-refractivity contribution in [3.63, 3.8) is 0 Å². The number of fused-ring (bicyclic) bond motifs is 1. The van der Waals surface area contributed by atoms with Gasteiger partial charge in [0.2, 0.25) is 0 Å². The smallest absolute Gasteiger partial charge is 0.407 e. The minimum atomic E-state index is -0.851. The molecule has 0 aliphatic carbocycles. The van der Waals surface area contributed by atoms with Crippen LogP contribution >= 0.6 is 0 Å². The number of amides is 1. The highest BCUT2D eigenvalue weighted by Crippen LogP contribution is 2.33. The summed E-state index contributed by atoms with van der Waals surface area (Å²) >= 11 is 0. The first kappa shape index (κ1) is 15.3. The molecule has 8 heteroatoms. The van der Waals surface area contributed by atoms with E-state index in [0.717, 1.165) is 23.7 Å². The number of H-pyrrole nitrogens is 1. The van der Waals surface area contributed by atoms with Crippen LogP contribution in [-0.4, -0.2) is 53.1 Å². The van der Waals surface area contributed by atoms with Gasteiger partial charge in [0.25, 0.3) is 0 Å². The van der Waals surface area contributed by atoms with Gasteiger partial charge in [0.1, 0.15) is 11.5 Å². The summed E-state index contributed by atoms with van der Waals surface area (Å²) in [6.07, 6.45) is 0.766. The van der Waals surface area contributed by atoms with E-state index in [1.807, 2.05) is 6.07 Å². The number of likely N-dealkylation sites (tertiary alicyclic amines) is 1. The van der Waals surface area contributed by atoms with Gasteiger partial charge in [-0.2, -0.15) is 5.10 Å². The highest BCUT2D eigenvalue weighted by molar-refractivity contribution is 5.95. The summed E-state index contributed by atoms with van der Waals surface area (Å²) in [5, 5.41) is 16.5. The third-order valence-corrected chi connectivity index (χ3v) is 4.22. The molecule has 0 bridgehead atoms. The van der Waals surface area contributed by atoms with Crippen LogP contribution in [0.4, 0.5) is 10.6 Å². The van der Waals surface area contributed by atoms with Gasteiger partial charge in [0.15, 0.2) is 5.82 Å². The van der Waals surface area contributed by atoms with Crippen molar-refractivity contribution in [3.05, 3.63) is 12.1 Å². The molecule has 0 unspecified atom stereocenters. The molecule has 1 amide bonds. The van der Waals surface area contributed by atoms with Crippen LogP contribution in [0.25, 0.3) is 10.9 Å². The van der Waals surface area contributed by atoms with E-state index in [1.165, 1.54) is 4.90 Å². The van der Waals surface area contributed by atoms with Gasteiger partial charge in [-0.25, -0.2) is 4.79 Å².